The van der Waals surface area contributed by atoms with Crippen molar-refractivity contribution in [1.82, 2.24) is 0 Å². The predicted molar refractivity (Wildman–Crippen MR) is 141 cm³/mol. The summed E-state index contributed by atoms with van der Waals surface area (Å²) in [7, 11) is 4.16. The summed E-state index contributed by atoms with van der Waals surface area (Å²) in [6.07, 6.45) is 10.6. The zero-order chi connectivity index (χ0) is 24.7. The van der Waals surface area contributed by atoms with Crippen LogP contribution in [-0.4, -0.2) is 43.8 Å². The minimum absolute atomic E-state index is 0.133. The molecule has 188 valence electrons. The Morgan fingerprint density at radius 1 is 0.824 bits per heavy atom. The van der Waals surface area contributed by atoms with Crippen molar-refractivity contribution < 1.29 is 18.8 Å². The number of hydrogen-bond acceptors (Lipinski definition) is 3. The highest BCUT2D eigenvalue weighted by molar-refractivity contribution is 5.74. The van der Waals surface area contributed by atoms with Crippen molar-refractivity contribution in [2.75, 3.05) is 27.3 Å². The zero-order valence-corrected chi connectivity index (χ0v) is 21.9. The van der Waals surface area contributed by atoms with Gasteiger partial charge >= 0.3 is 5.97 Å². The van der Waals surface area contributed by atoms with Crippen LogP contribution >= 0.6 is 0 Å². The van der Waals surface area contributed by atoms with Crippen LogP contribution in [0.1, 0.15) is 76.3 Å². The second-order valence-electron chi connectivity index (χ2n) is 9.95. The monoisotopic (exact) mass is 468 g/mol. The second kappa shape index (κ2) is 15.5. The Morgan fingerprint density at radius 2 is 1.47 bits per heavy atom. The average Bonchev–Trinajstić information content (AvgIpc) is 2.84. The van der Waals surface area contributed by atoms with Crippen LogP contribution in [0.3, 0.4) is 0 Å². The van der Waals surface area contributed by atoms with E-state index in [9.17, 15) is 4.79 Å². The summed E-state index contributed by atoms with van der Waals surface area (Å²) < 4.78 is 12.2. The van der Waals surface area contributed by atoms with E-state index in [4.69, 9.17) is 9.47 Å². The van der Waals surface area contributed by atoms with Crippen LogP contribution in [0.4, 0.5) is 0 Å². The molecule has 2 aromatic carbocycles. The molecule has 34 heavy (non-hydrogen) atoms. The smallest absolute Gasteiger partial charge is 0.364 e. The molecule has 0 N–H and O–H groups in total. The molecule has 2 rings (SSSR count). The lowest BCUT2D eigenvalue weighted by Gasteiger charge is -2.34. The molecule has 0 saturated carbocycles. The van der Waals surface area contributed by atoms with Gasteiger partial charge in [-0.15, -0.1) is 0 Å². The maximum atomic E-state index is 12.6. The lowest BCUT2D eigenvalue weighted by Crippen LogP contribution is -2.51. The van der Waals surface area contributed by atoms with Gasteiger partial charge in [-0.25, -0.2) is 4.79 Å². The van der Waals surface area contributed by atoms with E-state index in [1.165, 1.54) is 49.7 Å². The SMILES string of the molecule is CCCCCCCCc1ccccc1OCCCCOC(=O)C(C)[N+](C)(C)Cc1ccccc1. The van der Waals surface area contributed by atoms with Crippen LogP contribution in [0.15, 0.2) is 54.6 Å². The summed E-state index contributed by atoms with van der Waals surface area (Å²) in [6.45, 7) is 6.09. The van der Waals surface area contributed by atoms with E-state index in [-0.39, 0.29) is 12.0 Å². The van der Waals surface area contributed by atoms with Gasteiger partial charge in [-0.1, -0.05) is 87.6 Å². The van der Waals surface area contributed by atoms with E-state index < -0.39 is 0 Å². The topological polar surface area (TPSA) is 35.5 Å². The van der Waals surface area contributed by atoms with E-state index in [0.717, 1.165) is 31.6 Å². The van der Waals surface area contributed by atoms with Crippen molar-refractivity contribution in [3.63, 3.8) is 0 Å². The summed E-state index contributed by atoms with van der Waals surface area (Å²) in [5, 5.41) is 0. The molecule has 0 amide bonds. The molecular formula is C30H46NO3+. The lowest BCUT2D eigenvalue weighted by molar-refractivity contribution is -0.917. The summed E-state index contributed by atoms with van der Waals surface area (Å²) in [4.78, 5) is 12.6. The summed E-state index contributed by atoms with van der Waals surface area (Å²) >= 11 is 0. The number of para-hydroxylation sites is 1. The molecule has 0 bridgehead atoms. The van der Waals surface area contributed by atoms with Gasteiger partial charge in [-0.3, -0.25) is 0 Å². The number of esters is 1. The predicted octanol–water partition coefficient (Wildman–Crippen LogP) is 6.96. The Morgan fingerprint density at radius 3 is 2.24 bits per heavy atom. The van der Waals surface area contributed by atoms with Gasteiger partial charge < -0.3 is 14.0 Å². The number of quaternary nitrogens is 1. The van der Waals surface area contributed by atoms with Gasteiger partial charge in [0.15, 0.2) is 6.04 Å². The van der Waals surface area contributed by atoms with Gasteiger partial charge in [0.2, 0.25) is 0 Å². The number of nitrogens with zero attached hydrogens (tertiary/aromatic N) is 1. The molecule has 0 saturated heterocycles. The van der Waals surface area contributed by atoms with Crippen LogP contribution in [0.2, 0.25) is 0 Å². The minimum Gasteiger partial charge on any atom is -0.493 e. The standard InChI is InChI=1S/C30H46NO3/c1-5-6-7-8-9-13-20-28-21-14-15-22-29(28)33-23-16-17-24-34-30(32)26(2)31(3,4)25-27-18-11-10-12-19-27/h10-12,14-15,18-19,21-22,26H,5-9,13,16-17,20,23-25H2,1-4H3/q+1. The third-order valence-electron chi connectivity index (χ3n) is 6.64. The molecule has 1 atom stereocenters. The molecule has 1 unspecified atom stereocenters. The Balaban J connectivity index is 1.64. The van der Waals surface area contributed by atoms with Gasteiger partial charge in [0.05, 0.1) is 27.3 Å². The Kier molecular flexibility index (Phi) is 12.8. The minimum atomic E-state index is -0.217. The van der Waals surface area contributed by atoms with Crippen LogP contribution in [0, 0.1) is 0 Å². The third-order valence-corrected chi connectivity index (χ3v) is 6.64. The molecule has 0 radical (unpaired) electrons. The van der Waals surface area contributed by atoms with E-state index in [0.29, 0.717) is 17.7 Å². The van der Waals surface area contributed by atoms with Crippen molar-refractivity contribution in [3.05, 3.63) is 65.7 Å². The molecule has 4 nitrogen and oxygen atoms in total. The van der Waals surface area contributed by atoms with Crippen LogP contribution in [-0.2, 0) is 22.5 Å². The van der Waals surface area contributed by atoms with Crippen molar-refractivity contribution in [2.24, 2.45) is 0 Å². The first-order valence-corrected chi connectivity index (χ1v) is 13.2. The maximum Gasteiger partial charge on any atom is 0.364 e. The fraction of sp³-hybridized carbons (Fsp3) is 0.567. The normalized spacial score (nSPS) is 12.4. The summed E-state index contributed by atoms with van der Waals surface area (Å²) in [6, 6.07) is 18.5. The molecular weight excluding hydrogens is 422 g/mol. The van der Waals surface area contributed by atoms with E-state index in [1.54, 1.807) is 0 Å². The molecule has 0 fully saturated rings. The van der Waals surface area contributed by atoms with Crippen molar-refractivity contribution in [2.45, 2.75) is 84.2 Å². The van der Waals surface area contributed by atoms with E-state index in [2.05, 4.69) is 51.4 Å². The number of carbonyl (C=O) groups excluding carboxylic acids is 1. The van der Waals surface area contributed by atoms with E-state index in [1.807, 2.05) is 31.2 Å². The molecule has 0 spiro atoms. The first-order chi connectivity index (χ1) is 16.4. The Bertz CT molecular complexity index is 819. The molecule has 0 heterocycles. The number of rotatable bonds is 17. The first-order valence-electron chi connectivity index (χ1n) is 13.2. The third kappa shape index (κ3) is 10.3. The van der Waals surface area contributed by atoms with Crippen LogP contribution in [0.25, 0.3) is 0 Å². The number of likely N-dealkylation sites (N-methyl/N-ethyl adjacent to an activating group) is 1. The van der Waals surface area contributed by atoms with Gasteiger partial charge in [-0.2, -0.15) is 0 Å². The molecule has 0 aliphatic heterocycles. The Labute approximate surface area is 207 Å². The molecule has 2 aromatic rings. The molecule has 4 heteroatoms. The van der Waals surface area contributed by atoms with Gasteiger partial charge in [-0.05, 0) is 44.2 Å². The fourth-order valence-electron chi connectivity index (χ4n) is 4.10. The fourth-order valence-corrected chi connectivity index (χ4v) is 4.10. The van der Waals surface area contributed by atoms with Crippen molar-refractivity contribution >= 4 is 5.97 Å². The van der Waals surface area contributed by atoms with Crippen LogP contribution < -0.4 is 4.74 Å². The summed E-state index contributed by atoms with van der Waals surface area (Å²) in [5.74, 6) is 0.868. The molecule has 0 aliphatic carbocycles. The number of aryl methyl sites for hydroxylation is 1. The molecule has 0 aromatic heterocycles. The number of benzene rings is 2. The zero-order valence-electron chi connectivity index (χ0n) is 21.9. The van der Waals surface area contributed by atoms with Gasteiger partial charge in [0.1, 0.15) is 12.3 Å². The number of carbonyl (C=O) groups is 1. The highest BCUT2D eigenvalue weighted by Gasteiger charge is 2.32. The molecule has 0 aliphatic rings. The Hall–Kier alpha value is -2.33. The van der Waals surface area contributed by atoms with E-state index >= 15 is 0 Å². The quantitative estimate of drug-likeness (QED) is 0.143. The largest absolute Gasteiger partial charge is 0.493 e. The lowest BCUT2D eigenvalue weighted by atomic mass is 10.0. The van der Waals surface area contributed by atoms with Gasteiger partial charge in [0.25, 0.3) is 0 Å². The van der Waals surface area contributed by atoms with Crippen LogP contribution in [0.5, 0.6) is 5.75 Å². The van der Waals surface area contributed by atoms with Gasteiger partial charge in [0, 0.05) is 5.56 Å². The highest BCUT2D eigenvalue weighted by Crippen LogP contribution is 2.21. The summed E-state index contributed by atoms with van der Waals surface area (Å²) in [5.41, 5.74) is 2.53. The number of ether oxygens (including phenoxy) is 2. The highest BCUT2D eigenvalue weighted by atomic mass is 16.5. The van der Waals surface area contributed by atoms with Crippen molar-refractivity contribution in [1.29, 1.82) is 0 Å². The second-order valence-corrected chi connectivity index (χ2v) is 9.95. The number of unbranched alkanes of at least 4 members (excludes halogenated alkanes) is 6. The number of hydrogen-bond donors (Lipinski definition) is 0. The average molecular weight is 469 g/mol. The van der Waals surface area contributed by atoms with Crippen molar-refractivity contribution in [3.8, 4) is 5.75 Å². The first kappa shape index (κ1) is 27.9. The maximum absolute atomic E-state index is 12.6.